The summed E-state index contributed by atoms with van der Waals surface area (Å²) in [6.07, 6.45) is 2.01. The lowest BCUT2D eigenvalue weighted by Crippen LogP contribution is -2.18. The Morgan fingerprint density at radius 1 is 1.46 bits per heavy atom. The molecular formula is C15H19N3O5S. The quantitative estimate of drug-likeness (QED) is 0.264. The zero-order valence-corrected chi connectivity index (χ0v) is 14.0. The Bertz CT molecular complexity index is 738. The van der Waals surface area contributed by atoms with Crippen molar-refractivity contribution in [2.24, 2.45) is 0 Å². The van der Waals surface area contributed by atoms with Crippen LogP contribution in [0.25, 0.3) is 0 Å². The Hall–Kier alpha value is -2.41. The fraction of sp³-hybridized carbons (Fsp3) is 0.333. The molecule has 0 fully saturated rings. The van der Waals surface area contributed by atoms with Gasteiger partial charge in [-0.05, 0) is 31.5 Å². The fourth-order valence-electron chi connectivity index (χ4n) is 1.68. The summed E-state index contributed by atoms with van der Waals surface area (Å²) in [7, 11) is -4.37. The first kappa shape index (κ1) is 19.6. The second kappa shape index (κ2) is 9.67. The molecule has 3 N–H and O–H groups in total. The van der Waals surface area contributed by atoms with Gasteiger partial charge in [0.25, 0.3) is 16.0 Å². The molecule has 0 aliphatic carbocycles. The number of anilines is 1. The van der Waals surface area contributed by atoms with E-state index in [-0.39, 0.29) is 16.2 Å². The zero-order valence-electron chi connectivity index (χ0n) is 13.2. The minimum atomic E-state index is -4.37. The van der Waals surface area contributed by atoms with Crippen LogP contribution in [0.15, 0.2) is 40.9 Å². The molecule has 0 aliphatic heterocycles. The maximum atomic E-state index is 12.0. The molecule has 0 unspecified atom stereocenters. The summed E-state index contributed by atoms with van der Waals surface area (Å²) in [5.74, 6) is -0.692. The normalized spacial score (nSPS) is 11.6. The standard InChI is InChI=1S/C15H19N3O5S/c1-2-23-8-4-7-17-11-12(10-16)15(19)18-13-5-3-6-14(9-13)24(20,21)22/h3,5-6,9,11,17H,2,4,7-8H2,1H3,(H,18,19)(H,20,21,22)/b12-11-. The van der Waals surface area contributed by atoms with Crippen molar-refractivity contribution >= 4 is 21.7 Å². The third-order valence-electron chi connectivity index (χ3n) is 2.82. The number of benzene rings is 1. The number of carbonyl (C=O) groups excluding carboxylic acids is 1. The Morgan fingerprint density at radius 2 is 2.21 bits per heavy atom. The van der Waals surface area contributed by atoms with Crippen molar-refractivity contribution < 1.29 is 22.5 Å². The largest absolute Gasteiger partial charge is 0.390 e. The molecule has 0 aromatic heterocycles. The van der Waals surface area contributed by atoms with E-state index in [0.29, 0.717) is 19.8 Å². The van der Waals surface area contributed by atoms with Crippen molar-refractivity contribution in [3.8, 4) is 6.07 Å². The second-order valence-electron chi connectivity index (χ2n) is 4.63. The van der Waals surface area contributed by atoms with Crippen LogP contribution in [0, 0.1) is 11.3 Å². The topological polar surface area (TPSA) is 129 Å². The van der Waals surface area contributed by atoms with Crippen LogP contribution in [0.2, 0.25) is 0 Å². The van der Waals surface area contributed by atoms with E-state index in [4.69, 9.17) is 14.6 Å². The maximum Gasteiger partial charge on any atom is 0.294 e. The lowest BCUT2D eigenvalue weighted by molar-refractivity contribution is -0.112. The van der Waals surface area contributed by atoms with E-state index in [2.05, 4.69) is 10.6 Å². The third kappa shape index (κ3) is 6.78. The predicted octanol–water partition coefficient (Wildman–Crippen LogP) is 1.30. The van der Waals surface area contributed by atoms with Crippen LogP contribution in [-0.2, 0) is 19.6 Å². The van der Waals surface area contributed by atoms with Crippen LogP contribution in [0.1, 0.15) is 13.3 Å². The Morgan fingerprint density at radius 3 is 2.83 bits per heavy atom. The fourth-order valence-corrected chi connectivity index (χ4v) is 2.20. The van der Waals surface area contributed by atoms with Crippen LogP contribution in [0.4, 0.5) is 5.69 Å². The summed E-state index contributed by atoms with van der Waals surface area (Å²) in [6.45, 7) is 3.64. The Balaban J connectivity index is 2.66. The first-order valence-corrected chi connectivity index (χ1v) is 8.62. The van der Waals surface area contributed by atoms with Gasteiger partial charge < -0.3 is 15.4 Å². The van der Waals surface area contributed by atoms with Crippen LogP contribution >= 0.6 is 0 Å². The smallest absolute Gasteiger partial charge is 0.294 e. The molecular weight excluding hydrogens is 334 g/mol. The average Bonchev–Trinajstić information content (AvgIpc) is 2.53. The van der Waals surface area contributed by atoms with Gasteiger partial charge in [0.15, 0.2) is 0 Å². The van der Waals surface area contributed by atoms with Gasteiger partial charge in [-0.3, -0.25) is 9.35 Å². The first-order valence-electron chi connectivity index (χ1n) is 7.18. The third-order valence-corrected chi connectivity index (χ3v) is 3.66. The number of hydrogen-bond acceptors (Lipinski definition) is 6. The molecule has 1 aromatic carbocycles. The molecule has 1 aromatic rings. The SMILES string of the molecule is CCOCCCN/C=C(/C#N)C(=O)Nc1cccc(S(=O)(=O)O)c1. The van der Waals surface area contributed by atoms with Crippen molar-refractivity contribution in [1.82, 2.24) is 5.32 Å². The van der Waals surface area contributed by atoms with Crippen molar-refractivity contribution in [2.75, 3.05) is 25.1 Å². The summed E-state index contributed by atoms with van der Waals surface area (Å²) in [4.78, 5) is 11.6. The molecule has 0 saturated heterocycles. The highest BCUT2D eigenvalue weighted by molar-refractivity contribution is 7.85. The predicted molar refractivity (Wildman–Crippen MR) is 87.7 cm³/mol. The van der Waals surface area contributed by atoms with E-state index in [1.165, 1.54) is 24.4 Å². The van der Waals surface area contributed by atoms with E-state index < -0.39 is 16.0 Å². The van der Waals surface area contributed by atoms with E-state index in [9.17, 15) is 13.2 Å². The molecule has 1 rings (SSSR count). The van der Waals surface area contributed by atoms with Crippen LogP contribution in [0.5, 0.6) is 0 Å². The summed E-state index contributed by atoms with van der Waals surface area (Å²) in [5.41, 5.74) is -0.0173. The molecule has 0 saturated carbocycles. The van der Waals surface area contributed by atoms with Gasteiger partial charge in [0, 0.05) is 31.6 Å². The number of amides is 1. The molecule has 0 spiro atoms. The minimum Gasteiger partial charge on any atom is -0.390 e. The Labute approximate surface area is 140 Å². The number of nitrogens with one attached hydrogen (secondary N) is 2. The van der Waals surface area contributed by atoms with Crippen molar-refractivity contribution in [1.29, 1.82) is 5.26 Å². The molecule has 8 nitrogen and oxygen atoms in total. The maximum absolute atomic E-state index is 12.0. The lowest BCUT2D eigenvalue weighted by Gasteiger charge is -2.06. The average molecular weight is 353 g/mol. The minimum absolute atomic E-state index is 0.146. The van der Waals surface area contributed by atoms with E-state index in [1.807, 2.05) is 6.92 Å². The summed E-state index contributed by atoms with van der Waals surface area (Å²) in [5, 5.41) is 14.3. The highest BCUT2D eigenvalue weighted by Crippen LogP contribution is 2.15. The zero-order chi connectivity index (χ0) is 18.0. The van der Waals surface area contributed by atoms with Gasteiger partial charge in [0.2, 0.25) is 0 Å². The van der Waals surface area contributed by atoms with Gasteiger partial charge in [0.1, 0.15) is 11.6 Å². The number of rotatable bonds is 9. The lowest BCUT2D eigenvalue weighted by atomic mass is 10.2. The highest BCUT2D eigenvalue weighted by atomic mass is 32.2. The molecule has 130 valence electrons. The van der Waals surface area contributed by atoms with Gasteiger partial charge >= 0.3 is 0 Å². The van der Waals surface area contributed by atoms with Crippen molar-refractivity contribution in [3.63, 3.8) is 0 Å². The number of ether oxygens (including phenoxy) is 1. The van der Waals surface area contributed by atoms with E-state index in [0.717, 1.165) is 12.5 Å². The highest BCUT2D eigenvalue weighted by Gasteiger charge is 2.13. The van der Waals surface area contributed by atoms with Gasteiger partial charge in [-0.25, -0.2) is 0 Å². The molecule has 24 heavy (non-hydrogen) atoms. The van der Waals surface area contributed by atoms with Gasteiger partial charge in [-0.1, -0.05) is 6.07 Å². The number of nitrogens with zero attached hydrogens (tertiary/aromatic N) is 1. The van der Waals surface area contributed by atoms with E-state index >= 15 is 0 Å². The van der Waals surface area contributed by atoms with E-state index in [1.54, 1.807) is 6.07 Å². The number of carbonyl (C=O) groups is 1. The number of hydrogen-bond donors (Lipinski definition) is 3. The van der Waals surface area contributed by atoms with Crippen LogP contribution < -0.4 is 10.6 Å². The molecule has 1 amide bonds. The summed E-state index contributed by atoms with van der Waals surface area (Å²) in [6, 6.07) is 6.84. The van der Waals surface area contributed by atoms with Crippen LogP contribution in [0.3, 0.4) is 0 Å². The monoisotopic (exact) mass is 353 g/mol. The van der Waals surface area contributed by atoms with Gasteiger partial charge in [-0.2, -0.15) is 13.7 Å². The van der Waals surface area contributed by atoms with Gasteiger partial charge in [-0.15, -0.1) is 0 Å². The summed E-state index contributed by atoms with van der Waals surface area (Å²) >= 11 is 0. The van der Waals surface area contributed by atoms with Gasteiger partial charge in [0.05, 0.1) is 4.90 Å². The molecule has 0 radical (unpaired) electrons. The van der Waals surface area contributed by atoms with Crippen molar-refractivity contribution in [2.45, 2.75) is 18.2 Å². The molecule has 9 heteroatoms. The molecule has 0 atom stereocenters. The number of nitriles is 1. The Kier molecular flexibility index (Phi) is 7.91. The van der Waals surface area contributed by atoms with Crippen molar-refractivity contribution in [3.05, 3.63) is 36.0 Å². The molecule has 0 aliphatic rings. The molecule has 0 bridgehead atoms. The molecule has 0 heterocycles. The first-order chi connectivity index (χ1) is 11.4. The second-order valence-corrected chi connectivity index (χ2v) is 6.05. The summed E-state index contributed by atoms with van der Waals surface area (Å²) < 4.78 is 36.3. The van der Waals surface area contributed by atoms with Crippen LogP contribution in [-0.4, -0.2) is 38.6 Å².